The number of benzene rings is 1. The van der Waals surface area contributed by atoms with Gasteiger partial charge in [0.2, 0.25) is 5.89 Å². The summed E-state index contributed by atoms with van der Waals surface area (Å²) in [6.07, 6.45) is 0.436. The molecular formula is C15H18N4O5. The number of hydrogen-bond donors (Lipinski definition) is 2. The topological polar surface area (TPSA) is 108 Å². The van der Waals surface area contributed by atoms with Crippen LogP contribution in [0, 0.1) is 0 Å². The molecule has 1 aliphatic rings. The second kappa shape index (κ2) is 7.64. The monoisotopic (exact) mass is 334 g/mol. The Bertz CT molecular complexity index is 703. The van der Waals surface area contributed by atoms with Crippen molar-refractivity contribution in [2.75, 3.05) is 32.2 Å². The van der Waals surface area contributed by atoms with Gasteiger partial charge in [0, 0.05) is 31.8 Å². The van der Waals surface area contributed by atoms with Gasteiger partial charge in [0.25, 0.3) is 0 Å². The molecule has 9 nitrogen and oxygen atoms in total. The summed E-state index contributed by atoms with van der Waals surface area (Å²) in [7, 11) is 1.56. The van der Waals surface area contributed by atoms with Gasteiger partial charge >= 0.3 is 6.03 Å². The molecule has 1 aliphatic heterocycles. The predicted octanol–water partition coefficient (Wildman–Crippen LogP) is 1.35. The molecule has 0 fully saturated rings. The van der Waals surface area contributed by atoms with Crippen LogP contribution in [0.3, 0.4) is 0 Å². The van der Waals surface area contributed by atoms with E-state index in [0.717, 1.165) is 0 Å². The van der Waals surface area contributed by atoms with E-state index < -0.39 is 0 Å². The van der Waals surface area contributed by atoms with Gasteiger partial charge in [0.05, 0.1) is 0 Å². The van der Waals surface area contributed by atoms with Gasteiger partial charge in [-0.3, -0.25) is 0 Å². The standard InChI is InChI=1S/C15H18N4O5/c1-21-9-13-18-14(24-19-13)4-5-16-15(20)17-10-2-3-11-12(8-10)23-7-6-22-11/h2-3,8H,4-7,9H2,1H3,(H2,16,17,20). The summed E-state index contributed by atoms with van der Waals surface area (Å²) in [4.78, 5) is 16.0. The fourth-order valence-corrected chi connectivity index (χ4v) is 2.16. The highest BCUT2D eigenvalue weighted by Gasteiger charge is 2.13. The molecule has 1 aromatic heterocycles. The first-order valence-corrected chi connectivity index (χ1v) is 7.49. The van der Waals surface area contributed by atoms with E-state index in [0.29, 0.717) is 61.7 Å². The maximum atomic E-state index is 11.9. The lowest BCUT2D eigenvalue weighted by atomic mass is 10.2. The molecule has 24 heavy (non-hydrogen) atoms. The second-order valence-electron chi connectivity index (χ2n) is 5.03. The minimum Gasteiger partial charge on any atom is -0.486 e. The van der Waals surface area contributed by atoms with E-state index in [2.05, 4.69) is 20.8 Å². The van der Waals surface area contributed by atoms with E-state index in [9.17, 15) is 4.79 Å². The van der Waals surface area contributed by atoms with E-state index in [1.807, 2.05) is 0 Å². The van der Waals surface area contributed by atoms with Crippen LogP contribution in [-0.2, 0) is 17.8 Å². The van der Waals surface area contributed by atoms with Crippen LogP contribution in [0.5, 0.6) is 11.5 Å². The zero-order valence-electron chi connectivity index (χ0n) is 13.2. The van der Waals surface area contributed by atoms with E-state index in [4.69, 9.17) is 18.7 Å². The molecule has 128 valence electrons. The first-order valence-electron chi connectivity index (χ1n) is 7.49. The summed E-state index contributed by atoms with van der Waals surface area (Å²) >= 11 is 0. The number of nitrogens with one attached hydrogen (secondary N) is 2. The number of fused-ring (bicyclic) bond motifs is 1. The first kappa shape index (κ1) is 16.1. The number of urea groups is 1. The molecule has 0 atom stereocenters. The van der Waals surface area contributed by atoms with E-state index in [1.54, 1.807) is 25.3 Å². The third kappa shape index (κ3) is 4.13. The normalized spacial score (nSPS) is 12.7. The lowest BCUT2D eigenvalue weighted by Gasteiger charge is -2.19. The number of anilines is 1. The van der Waals surface area contributed by atoms with E-state index in [1.165, 1.54) is 0 Å². The van der Waals surface area contributed by atoms with Gasteiger partial charge in [0.15, 0.2) is 17.3 Å². The van der Waals surface area contributed by atoms with E-state index >= 15 is 0 Å². The maximum Gasteiger partial charge on any atom is 0.319 e. The molecule has 9 heteroatoms. The van der Waals surface area contributed by atoms with Crippen molar-refractivity contribution < 1.29 is 23.5 Å². The Balaban J connectivity index is 1.45. The molecule has 2 heterocycles. The summed E-state index contributed by atoms with van der Waals surface area (Å²) in [6.45, 7) is 1.69. The number of aromatic nitrogens is 2. The molecule has 0 spiro atoms. The summed E-state index contributed by atoms with van der Waals surface area (Å²) in [5, 5.41) is 9.20. The number of carbonyl (C=O) groups excluding carboxylic acids is 1. The minimum atomic E-state index is -0.330. The zero-order valence-corrected chi connectivity index (χ0v) is 13.2. The van der Waals surface area contributed by atoms with Crippen molar-refractivity contribution in [1.29, 1.82) is 0 Å². The Morgan fingerprint density at radius 3 is 2.96 bits per heavy atom. The third-order valence-electron chi connectivity index (χ3n) is 3.21. The van der Waals surface area contributed by atoms with Crippen LogP contribution in [-0.4, -0.2) is 43.0 Å². The van der Waals surface area contributed by atoms with Crippen molar-refractivity contribution in [2.24, 2.45) is 0 Å². The van der Waals surface area contributed by atoms with Crippen molar-refractivity contribution in [2.45, 2.75) is 13.0 Å². The maximum absolute atomic E-state index is 11.9. The Morgan fingerprint density at radius 2 is 2.12 bits per heavy atom. The number of carbonyl (C=O) groups is 1. The Labute approximate surface area is 138 Å². The number of amides is 2. The molecule has 2 amide bonds. The molecule has 2 aromatic rings. The molecule has 1 aromatic carbocycles. The highest BCUT2D eigenvalue weighted by atomic mass is 16.6. The Hall–Kier alpha value is -2.81. The predicted molar refractivity (Wildman–Crippen MR) is 83.2 cm³/mol. The van der Waals surface area contributed by atoms with Gasteiger partial charge in [-0.15, -0.1) is 0 Å². The smallest absolute Gasteiger partial charge is 0.319 e. The molecule has 0 aliphatic carbocycles. The number of ether oxygens (including phenoxy) is 3. The van der Waals surface area contributed by atoms with Gasteiger partial charge < -0.3 is 29.4 Å². The van der Waals surface area contributed by atoms with Gasteiger partial charge in [-0.2, -0.15) is 4.98 Å². The Morgan fingerprint density at radius 1 is 1.29 bits per heavy atom. The number of hydrogen-bond acceptors (Lipinski definition) is 7. The molecule has 0 bridgehead atoms. The molecule has 0 radical (unpaired) electrons. The van der Waals surface area contributed by atoms with Crippen molar-refractivity contribution in [3.05, 3.63) is 29.9 Å². The van der Waals surface area contributed by atoms with Crippen molar-refractivity contribution in [3.8, 4) is 11.5 Å². The van der Waals surface area contributed by atoms with Crippen LogP contribution < -0.4 is 20.1 Å². The summed E-state index contributed by atoms with van der Waals surface area (Å²) in [5.74, 6) is 2.22. The van der Waals surface area contributed by atoms with Crippen LogP contribution in [0.15, 0.2) is 22.7 Å². The molecule has 0 saturated heterocycles. The van der Waals surface area contributed by atoms with Gasteiger partial charge in [-0.25, -0.2) is 4.79 Å². The average molecular weight is 334 g/mol. The van der Waals surface area contributed by atoms with E-state index in [-0.39, 0.29) is 6.03 Å². The SMILES string of the molecule is COCc1noc(CCNC(=O)Nc2ccc3c(c2)OCCO3)n1. The molecule has 2 N–H and O–H groups in total. The summed E-state index contributed by atoms with van der Waals surface area (Å²) < 4.78 is 20.8. The van der Waals surface area contributed by atoms with Crippen LogP contribution >= 0.6 is 0 Å². The van der Waals surface area contributed by atoms with Gasteiger partial charge in [0.1, 0.15) is 19.8 Å². The first-order chi connectivity index (χ1) is 11.7. The highest BCUT2D eigenvalue weighted by Crippen LogP contribution is 2.32. The minimum absolute atomic E-state index is 0.293. The van der Waals surface area contributed by atoms with Gasteiger partial charge in [-0.05, 0) is 12.1 Å². The number of rotatable bonds is 6. The van der Waals surface area contributed by atoms with Crippen LogP contribution in [0.4, 0.5) is 10.5 Å². The zero-order chi connectivity index (χ0) is 16.8. The number of nitrogens with zero attached hydrogens (tertiary/aromatic N) is 2. The van der Waals surface area contributed by atoms with Crippen LogP contribution in [0.2, 0.25) is 0 Å². The summed E-state index contributed by atoms with van der Waals surface area (Å²) in [6, 6.07) is 4.91. The molecule has 0 saturated carbocycles. The highest BCUT2D eigenvalue weighted by molar-refractivity contribution is 5.89. The molecule has 0 unspecified atom stereocenters. The van der Waals surface area contributed by atoms with Crippen LogP contribution in [0.25, 0.3) is 0 Å². The quantitative estimate of drug-likeness (QED) is 0.821. The lowest BCUT2D eigenvalue weighted by molar-refractivity contribution is 0.171. The fourth-order valence-electron chi connectivity index (χ4n) is 2.16. The second-order valence-corrected chi connectivity index (χ2v) is 5.03. The van der Waals surface area contributed by atoms with Crippen LogP contribution in [0.1, 0.15) is 11.7 Å². The number of methoxy groups -OCH3 is 1. The lowest BCUT2D eigenvalue weighted by Crippen LogP contribution is -2.30. The molecule has 3 rings (SSSR count). The largest absolute Gasteiger partial charge is 0.486 e. The average Bonchev–Trinajstić information content (AvgIpc) is 3.02. The third-order valence-corrected chi connectivity index (χ3v) is 3.21. The fraction of sp³-hybridized carbons (Fsp3) is 0.400. The molecular weight excluding hydrogens is 316 g/mol. The van der Waals surface area contributed by atoms with Crippen molar-refractivity contribution >= 4 is 11.7 Å². The van der Waals surface area contributed by atoms with Crippen molar-refractivity contribution in [1.82, 2.24) is 15.5 Å². The summed E-state index contributed by atoms with van der Waals surface area (Å²) in [5.41, 5.74) is 0.622. The van der Waals surface area contributed by atoms with Crippen molar-refractivity contribution in [3.63, 3.8) is 0 Å². The van der Waals surface area contributed by atoms with Gasteiger partial charge in [-0.1, -0.05) is 5.16 Å². The Kier molecular flexibility index (Phi) is 5.12.